The number of carbonyl (C=O) groups is 1. The van der Waals surface area contributed by atoms with Crippen LogP contribution in [-0.4, -0.2) is 22.0 Å². The fourth-order valence-corrected chi connectivity index (χ4v) is 1.97. The van der Waals surface area contributed by atoms with Crippen molar-refractivity contribution in [1.82, 2.24) is 14.9 Å². The predicted molar refractivity (Wildman–Crippen MR) is 72.6 cm³/mol. The number of para-hydroxylation sites is 2. The van der Waals surface area contributed by atoms with Gasteiger partial charge >= 0.3 is 6.18 Å². The molecule has 0 radical (unpaired) electrons. The van der Waals surface area contributed by atoms with E-state index in [-0.39, 0.29) is 11.4 Å². The monoisotopic (exact) mass is 299 g/mol. The van der Waals surface area contributed by atoms with Crippen LogP contribution >= 0.6 is 0 Å². The van der Waals surface area contributed by atoms with Gasteiger partial charge in [0.2, 0.25) is 11.7 Å². The number of hydrogen-bond donors (Lipinski definition) is 1. The highest BCUT2D eigenvalue weighted by Crippen LogP contribution is 2.31. The maximum Gasteiger partial charge on any atom is 0.449 e. The first kappa shape index (κ1) is 15.3. The number of nitrogens with one attached hydrogen (secondary N) is 1. The molecule has 0 aliphatic heterocycles. The van der Waals surface area contributed by atoms with E-state index in [0.29, 0.717) is 12.1 Å². The van der Waals surface area contributed by atoms with Gasteiger partial charge in [0.05, 0.1) is 11.0 Å². The molecular weight excluding hydrogens is 283 g/mol. The summed E-state index contributed by atoms with van der Waals surface area (Å²) in [5, 5.41) is 2.61. The summed E-state index contributed by atoms with van der Waals surface area (Å²) >= 11 is 0. The summed E-state index contributed by atoms with van der Waals surface area (Å²) in [5.41, 5.74) is 0.519. The average molecular weight is 299 g/mol. The SMILES string of the molecule is CC(C)CNC(=O)Cn1c(C(F)(F)F)nc2ccccc21. The third kappa shape index (κ3) is 3.53. The molecule has 1 amide bonds. The Hall–Kier alpha value is -2.05. The number of fused-ring (bicyclic) bond motifs is 1. The second-order valence-corrected chi connectivity index (χ2v) is 5.21. The first-order valence-electron chi connectivity index (χ1n) is 6.58. The van der Waals surface area contributed by atoms with Gasteiger partial charge in [-0.3, -0.25) is 4.79 Å². The second-order valence-electron chi connectivity index (χ2n) is 5.21. The quantitative estimate of drug-likeness (QED) is 0.943. The van der Waals surface area contributed by atoms with Crippen molar-refractivity contribution in [3.8, 4) is 0 Å². The van der Waals surface area contributed by atoms with Gasteiger partial charge in [0.15, 0.2) is 0 Å². The summed E-state index contributed by atoms with van der Waals surface area (Å²) in [5.74, 6) is -1.28. The van der Waals surface area contributed by atoms with Crippen LogP contribution in [0.3, 0.4) is 0 Å². The Morgan fingerprint density at radius 2 is 2.00 bits per heavy atom. The lowest BCUT2D eigenvalue weighted by Crippen LogP contribution is -2.31. The van der Waals surface area contributed by atoms with Crippen molar-refractivity contribution < 1.29 is 18.0 Å². The molecule has 0 unspecified atom stereocenters. The number of aromatic nitrogens is 2. The van der Waals surface area contributed by atoms with Gasteiger partial charge in [-0.1, -0.05) is 26.0 Å². The summed E-state index contributed by atoms with van der Waals surface area (Å²) in [6.07, 6.45) is -4.60. The van der Waals surface area contributed by atoms with Gasteiger partial charge in [-0.25, -0.2) is 4.98 Å². The molecule has 1 heterocycles. The zero-order valence-corrected chi connectivity index (χ0v) is 11.7. The van der Waals surface area contributed by atoms with Crippen molar-refractivity contribution in [3.05, 3.63) is 30.1 Å². The average Bonchev–Trinajstić information content (AvgIpc) is 2.75. The molecule has 1 aromatic carbocycles. The number of amides is 1. The molecule has 0 atom stereocenters. The Balaban J connectivity index is 2.34. The smallest absolute Gasteiger partial charge is 0.354 e. The number of alkyl halides is 3. The van der Waals surface area contributed by atoms with E-state index in [9.17, 15) is 18.0 Å². The minimum Gasteiger partial charge on any atom is -0.354 e. The van der Waals surface area contributed by atoms with Gasteiger partial charge < -0.3 is 9.88 Å². The summed E-state index contributed by atoms with van der Waals surface area (Å²) in [6, 6.07) is 6.24. The van der Waals surface area contributed by atoms with Gasteiger partial charge in [0.1, 0.15) is 6.54 Å². The molecule has 0 spiro atoms. The fraction of sp³-hybridized carbons (Fsp3) is 0.429. The van der Waals surface area contributed by atoms with Crippen LogP contribution in [0.15, 0.2) is 24.3 Å². The van der Waals surface area contributed by atoms with Gasteiger partial charge in [0.25, 0.3) is 0 Å². The Labute approximate surface area is 120 Å². The van der Waals surface area contributed by atoms with Gasteiger partial charge in [-0.2, -0.15) is 13.2 Å². The minimum absolute atomic E-state index is 0.224. The molecule has 21 heavy (non-hydrogen) atoms. The van der Waals surface area contributed by atoms with Crippen LogP contribution in [0, 0.1) is 5.92 Å². The molecule has 0 saturated heterocycles. The fourth-order valence-electron chi connectivity index (χ4n) is 1.97. The highest BCUT2D eigenvalue weighted by molar-refractivity contribution is 5.81. The van der Waals surface area contributed by atoms with Crippen molar-refractivity contribution in [3.63, 3.8) is 0 Å². The summed E-state index contributed by atoms with van der Waals surface area (Å²) in [7, 11) is 0. The van der Waals surface area contributed by atoms with Crippen LogP contribution in [0.1, 0.15) is 19.7 Å². The minimum atomic E-state index is -4.60. The van der Waals surface area contributed by atoms with Crippen LogP contribution in [0.2, 0.25) is 0 Å². The molecule has 2 rings (SSSR count). The van der Waals surface area contributed by atoms with Crippen molar-refractivity contribution in [2.24, 2.45) is 5.92 Å². The topological polar surface area (TPSA) is 46.9 Å². The zero-order chi connectivity index (χ0) is 15.6. The number of halogens is 3. The standard InChI is InChI=1S/C14H16F3N3O/c1-9(2)7-18-12(21)8-20-11-6-4-3-5-10(11)19-13(20)14(15,16)17/h3-6,9H,7-8H2,1-2H3,(H,18,21). The van der Waals surface area contributed by atoms with E-state index in [4.69, 9.17) is 0 Å². The Morgan fingerprint density at radius 3 is 2.62 bits per heavy atom. The predicted octanol–water partition coefficient (Wildman–Crippen LogP) is 2.83. The Bertz CT molecular complexity index is 646. The Kier molecular flexibility index (Phi) is 4.20. The van der Waals surface area contributed by atoms with E-state index in [1.165, 1.54) is 12.1 Å². The molecule has 7 heteroatoms. The number of rotatable bonds is 4. The molecule has 1 N–H and O–H groups in total. The first-order valence-corrected chi connectivity index (χ1v) is 6.58. The molecule has 4 nitrogen and oxygen atoms in total. The molecule has 0 fully saturated rings. The van der Waals surface area contributed by atoms with Crippen molar-refractivity contribution in [2.75, 3.05) is 6.54 Å². The largest absolute Gasteiger partial charge is 0.449 e. The molecule has 0 bridgehead atoms. The maximum absolute atomic E-state index is 13.0. The van der Waals surface area contributed by atoms with Crippen molar-refractivity contribution >= 4 is 16.9 Å². The third-order valence-corrected chi connectivity index (χ3v) is 2.92. The van der Waals surface area contributed by atoms with Crippen molar-refractivity contribution in [2.45, 2.75) is 26.6 Å². The van der Waals surface area contributed by atoms with E-state index >= 15 is 0 Å². The van der Waals surface area contributed by atoms with Crippen molar-refractivity contribution in [1.29, 1.82) is 0 Å². The molecular formula is C14H16F3N3O. The molecule has 114 valence electrons. The lowest BCUT2D eigenvalue weighted by Gasteiger charge is -2.12. The normalized spacial score (nSPS) is 12.1. The van der Waals surface area contributed by atoms with E-state index < -0.39 is 24.5 Å². The van der Waals surface area contributed by atoms with Gasteiger partial charge in [-0.05, 0) is 18.1 Å². The third-order valence-electron chi connectivity index (χ3n) is 2.92. The van der Waals surface area contributed by atoms with E-state index in [0.717, 1.165) is 4.57 Å². The lowest BCUT2D eigenvalue weighted by atomic mass is 10.2. The number of carbonyl (C=O) groups excluding carboxylic acids is 1. The maximum atomic E-state index is 13.0. The van der Waals surface area contributed by atoms with Gasteiger partial charge in [0, 0.05) is 6.54 Å². The Morgan fingerprint density at radius 1 is 1.33 bits per heavy atom. The van der Waals surface area contributed by atoms with Gasteiger partial charge in [-0.15, -0.1) is 0 Å². The molecule has 0 saturated carbocycles. The first-order chi connectivity index (χ1) is 9.79. The number of nitrogens with zero attached hydrogens (tertiary/aromatic N) is 2. The summed E-state index contributed by atoms with van der Waals surface area (Å²) < 4.78 is 40.0. The lowest BCUT2D eigenvalue weighted by molar-refractivity contribution is -0.147. The van der Waals surface area contributed by atoms with Crippen LogP contribution < -0.4 is 5.32 Å². The number of imidazole rings is 1. The second kappa shape index (κ2) is 5.75. The summed E-state index contributed by atoms with van der Waals surface area (Å²) in [6.45, 7) is 3.84. The highest BCUT2D eigenvalue weighted by Gasteiger charge is 2.37. The van der Waals surface area contributed by atoms with E-state index in [2.05, 4.69) is 10.3 Å². The molecule has 2 aromatic rings. The number of hydrogen-bond acceptors (Lipinski definition) is 2. The number of benzene rings is 1. The van der Waals surface area contributed by atoms with Crippen LogP contribution in [0.4, 0.5) is 13.2 Å². The van der Waals surface area contributed by atoms with Crippen LogP contribution in [0.25, 0.3) is 11.0 Å². The highest BCUT2D eigenvalue weighted by atomic mass is 19.4. The molecule has 0 aliphatic carbocycles. The van der Waals surface area contributed by atoms with E-state index in [1.807, 2.05) is 13.8 Å². The van der Waals surface area contributed by atoms with Crippen LogP contribution in [-0.2, 0) is 17.5 Å². The molecule has 1 aromatic heterocycles. The van der Waals surface area contributed by atoms with Crippen LogP contribution in [0.5, 0.6) is 0 Å². The van der Waals surface area contributed by atoms with E-state index in [1.54, 1.807) is 12.1 Å². The zero-order valence-electron chi connectivity index (χ0n) is 11.7. The summed E-state index contributed by atoms with van der Waals surface area (Å²) in [4.78, 5) is 15.4. The molecule has 0 aliphatic rings.